The number of guanidine groups is 1. The van der Waals surface area contributed by atoms with Gasteiger partial charge in [0.2, 0.25) is 5.95 Å². The Hall–Kier alpha value is -2.67. The Labute approximate surface area is 192 Å². The number of aromatic nitrogens is 2. The van der Waals surface area contributed by atoms with Crippen LogP contribution >= 0.6 is 0 Å². The molecule has 172 valence electrons. The van der Waals surface area contributed by atoms with Crippen molar-refractivity contribution >= 4 is 11.9 Å². The fourth-order valence-corrected chi connectivity index (χ4v) is 5.02. The lowest BCUT2D eigenvalue weighted by atomic mass is 9.79. The summed E-state index contributed by atoms with van der Waals surface area (Å²) in [4.78, 5) is 18.0. The van der Waals surface area contributed by atoms with Crippen molar-refractivity contribution in [3.63, 3.8) is 0 Å². The molecule has 4 rings (SSSR count). The van der Waals surface area contributed by atoms with E-state index in [2.05, 4.69) is 65.7 Å². The highest BCUT2D eigenvalue weighted by molar-refractivity contribution is 5.79. The van der Waals surface area contributed by atoms with Crippen LogP contribution in [0, 0.1) is 0 Å². The number of piperazine rings is 1. The smallest absolute Gasteiger partial charge is 0.225 e. The Bertz CT molecular complexity index is 826. The number of anilines is 1. The van der Waals surface area contributed by atoms with Gasteiger partial charge in [-0.15, -0.1) is 0 Å². The second-order valence-electron chi connectivity index (χ2n) is 8.94. The molecule has 1 saturated carbocycles. The molecule has 0 atom stereocenters. The van der Waals surface area contributed by atoms with Crippen LogP contribution in [0.3, 0.4) is 0 Å². The van der Waals surface area contributed by atoms with Gasteiger partial charge in [-0.3, -0.25) is 9.89 Å². The van der Waals surface area contributed by atoms with Crippen LogP contribution in [0.1, 0.15) is 37.7 Å². The third kappa shape index (κ3) is 5.76. The van der Waals surface area contributed by atoms with E-state index in [4.69, 9.17) is 0 Å². The summed E-state index contributed by atoms with van der Waals surface area (Å²) in [6, 6.07) is 12.9. The average molecular weight is 436 g/mol. The molecule has 0 unspecified atom stereocenters. The molecule has 1 aliphatic heterocycles. The molecule has 1 saturated heterocycles. The van der Waals surface area contributed by atoms with Crippen LogP contribution in [0.25, 0.3) is 0 Å². The lowest BCUT2D eigenvalue weighted by Crippen LogP contribution is -2.48. The molecular weight excluding hydrogens is 398 g/mol. The highest BCUT2D eigenvalue weighted by atomic mass is 15.3. The highest BCUT2D eigenvalue weighted by Gasteiger charge is 2.35. The molecular formula is C25H37N7. The van der Waals surface area contributed by atoms with Crippen molar-refractivity contribution in [3.05, 3.63) is 54.4 Å². The Balaban J connectivity index is 1.16. The molecule has 2 N–H and O–H groups in total. The van der Waals surface area contributed by atoms with Gasteiger partial charge in [0.25, 0.3) is 0 Å². The lowest BCUT2D eigenvalue weighted by molar-refractivity contribution is 0.254. The van der Waals surface area contributed by atoms with Crippen molar-refractivity contribution in [2.75, 3.05) is 57.8 Å². The van der Waals surface area contributed by atoms with E-state index in [1.165, 1.54) is 31.2 Å². The maximum atomic E-state index is 4.46. The van der Waals surface area contributed by atoms with Crippen LogP contribution in [0.4, 0.5) is 5.95 Å². The topological polar surface area (TPSA) is 68.7 Å². The average Bonchev–Trinajstić information content (AvgIpc) is 3.35. The van der Waals surface area contributed by atoms with E-state index in [1.54, 1.807) is 0 Å². The first kappa shape index (κ1) is 22.5. The number of hydrogen-bond acceptors (Lipinski definition) is 5. The first-order chi connectivity index (χ1) is 15.8. The maximum Gasteiger partial charge on any atom is 0.225 e. The summed E-state index contributed by atoms with van der Waals surface area (Å²) in [5, 5.41) is 7.14. The summed E-state index contributed by atoms with van der Waals surface area (Å²) in [5.74, 6) is 1.76. The summed E-state index contributed by atoms with van der Waals surface area (Å²) < 4.78 is 0. The molecule has 0 bridgehead atoms. The van der Waals surface area contributed by atoms with Gasteiger partial charge in [-0.1, -0.05) is 43.2 Å². The third-order valence-corrected chi connectivity index (χ3v) is 6.92. The zero-order valence-electron chi connectivity index (χ0n) is 19.3. The van der Waals surface area contributed by atoms with Gasteiger partial charge in [0.15, 0.2) is 5.96 Å². The minimum atomic E-state index is 0.237. The normalized spacial score (nSPS) is 19.2. The predicted octanol–water partition coefficient (Wildman–Crippen LogP) is 2.67. The lowest BCUT2D eigenvalue weighted by Gasteiger charge is -2.34. The molecule has 1 aromatic heterocycles. The fourth-order valence-electron chi connectivity index (χ4n) is 5.02. The number of hydrogen-bond donors (Lipinski definition) is 2. The SMILES string of the molecule is CN=C(NCCCN1CCN(c2ncccn2)CC1)NCC1(c2ccccc2)CCCC1. The van der Waals surface area contributed by atoms with Crippen LogP contribution in [0.5, 0.6) is 0 Å². The molecule has 7 heteroatoms. The van der Waals surface area contributed by atoms with Crippen LogP contribution in [-0.4, -0.2) is 73.7 Å². The van der Waals surface area contributed by atoms with E-state index < -0.39 is 0 Å². The third-order valence-electron chi connectivity index (χ3n) is 6.92. The molecule has 0 radical (unpaired) electrons. The van der Waals surface area contributed by atoms with Crippen molar-refractivity contribution in [1.29, 1.82) is 0 Å². The van der Waals surface area contributed by atoms with E-state index in [0.29, 0.717) is 0 Å². The quantitative estimate of drug-likeness (QED) is 0.378. The van der Waals surface area contributed by atoms with Gasteiger partial charge in [-0.25, -0.2) is 9.97 Å². The highest BCUT2D eigenvalue weighted by Crippen LogP contribution is 2.40. The summed E-state index contributed by atoms with van der Waals surface area (Å²) in [6.07, 6.45) is 9.86. The van der Waals surface area contributed by atoms with E-state index in [1.807, 2.05) is 25.5 Å². The summed E-state index contributed by atoms with van der Waals surface area (Å²) in [6.45, 7) is 7.07. The van der Waals surface area contributed by atoms with E-state index in [-0.39, 0.29) is 5.41 Å². The van der Waals surface area contributed by atoms with Gasteiger partial charge in [-0.2, -0.15) is 0 Å². The second kappa shape index (κ2) is 11.3. The number of rotatable bonds is 8. The van der Waals surface area contributed by atoms with E-state index in [9.17, 15) is 0 Å². The number of nitrogens with one attached hydrogen (secondary N) is 2. The van der Waals surface area contributed by atoms with Crippen LogP contribution in [-0.2, 0) is 5.41 Å². The van der Waals surface area contributed by atoms with Crippen LogP contribution < -0.4 is 15.5 Å². The van der Waals surface area contributed by atoms with Crippen LogP contribution in [0.2, 0.25) is 0 Å². The first-order valence-electron chi connectivity index (χ1n) is 12.0. The molecule has 1 aliphatic carbocycles. The minimum absolute atomic E-state index is 0.237. The summed E-state index contributed by atoms with van der Waals surface area (Å²) in [5.41, 5.74) is 1.70. The first-order valence-corrected chi connectivity index (χ1v) is 12.0. The minimum Gasteiger partial charge on any atom is -0.356 e. The van der Waals surface area contributed by atoms with Gasteiger partial charge in [-0.05, 0) is 37.4 Å². The number of nitrogens with zero attached hydrogens (tertiary/aromatic N) is 5. The van der Waals surface area contributed by atoms with Gasteiger partial charge in [0, 0.05) is 64.1 Å². The van der Waals surface area contributed by atoms with Crippen molar-refractivity contribution in [1.82, 2.24) is 25.5 Å². The Morgan fingerprint density at radius 1 is 0.969 bits per heavy atom. The van der Waals surface area contributed by atoms with Crippen molar-refractivity contribution in [3.8, 4) is 0 Å². The molecule has 2 aliphatic rings. The van der Waals surface area contributed by atoms with E-state index >= 15 is 0 Å². The van der Waals surface area contributed by atoms with E-state index in [0.717, 1.165) is 64.1 Å². The Morgan fingerprint density at radius 2 is 1.69 bits per heavy atom. The van der Waals surface area contributed by atoms with Crippen molar-refractivity contribution in [2.24, 2.45) is 4.99 Å². The maximum absolute atomic E-state index is 4.46. The number of benzene rings is 1. The Morgan fingerprint density at radius 3 is 2.38 bits per heavy atom. The monoisotopic (exact) mass is 435 g/mol. The van der Waals surface area contributed by atoms with Gasteiger partial charge >= 0.3 is 0 Å². The van der Waals surface area contributed by atoms with Gasteiger partial charge in [0.1, 0.15) is 0 Å². The predicted molar refractivity (Wildman–Crippen MR) is 131 cm³/mol. The summed E-state index contributed by atoms with van der Waals surface area (Å²) in [7, 11) is 1.87. The van der Waals surface area contributed by atoms with Crippen molar-refractivity contribution in [2.45, 2.75) is 37.5 Å². The zero-order valence-corrected chi connectivity index (χ0v) is 19.3. The standard InChI is InChI=1S/C25H37N7/c1-26-23(30-21-25(11-5-6-12-25)22-9-3-2-4-10-22)27-15-8-16-31-17-19-32(20-18-31)24-28-13-7-14-29-24/h2-4,7,9-10,13-14H,5-6,8,11-12,15-21H2,1H3,(H2,26,27,30). The second-order valence-corrected chi connectivity index (χ2v) is 8.94. The van der Waals surface area contributed by atoms with Gasteiger partial charge in [0.05, 0.1) is 0 Å². The number of aliphatic imine (C=N–C) groups is 1. The summed E-state index contributed by atoms with van der Waals surface area (Å²) >= 11 is 0. The molecule has 2 fully saturated rings. The fraction of sp³-hybridized carbons (Fsp3) is 0.560. The Kier molecular flexibility index (Phi) is 7.93. The molecule has 0 amide bonds. The molecule has 2 aromatic rings. The largest absolute Gasteiger partial charge is 0.356 e. The van der Waals surface area contributed by atoms with Gasteiger partial charge < -0.3 is 15.5 Å². The molecule has 32 heavy (non-hydrogen) atoms. The molecule has 2 heterocycles. The zero-order chi connectivity index (χ0) is 22.1. The molecule has 7 nitrogen and oxygen atoms in total. The van der Waals surface area contributed by atoms with Crippen molar-refractivity contribution < 1.29 is 0 Å². The van der Waals surface area contributed by atoms with Crippen LogP contribution in [0.15, 0.2) is 53.8 Å². The molecule has 1 aromatic carbocycles. The molecule has 0 spiro atoms.